The van der Waals surface area contributed by atoms with Crippen molar-refractivity contribution in [2.45, 2.75) is 39.3 Å². The zero-order valence-electron chi connectivity index (χ0n) is 11.3. The van der Waals surface area contributed by atoms with Crippen molar-refractivity contribution < 1.29 is 9.53 Å². The van der Waals surface area contributed by atoms with Crippen molar-refractivity contribution in [3.05, 3.63) is 23.0 Å². The summed E-state index contributed by atoms with van der Waals surface area (Å²) < 4.78 is 7.88. The fraction of sp³-hybridized carbons (Fsp3) is 0.538. The molecule has 1 aromatic rings. The Morgan fingerprint density at radius 2 is 2.47 bits per heavy atom. The van der Waals surface area contributed by atoms with Crippen LogP contribution in [-0.2, 0) is 11.3 Å². The lowest BCUT2D eigenvalue weighted by Gasteiger charge is -2.14. The van der Waals surface area contributed by atoms with Gasteiger partial charge < -0.3 is 15.0 Å². The van der Waals surface area contributed by atoms with Crippen molar-refractivity contribution in [2.75, 3.05) is 6.61 Å². The first kappa shape index (κ1) is 13.6. The van der Waals surface area contributed by atoms with Crippen LogP contribution >= 0.6 is 0 Å². The second-order valence-corrected chi connectivity index (χ2v) is 4.81. The summed E-state index contributed by atoms with van der Waals surface area (Å²) in [4.78, 5) is 10.6. The van der Waals surface area contributed by atoms with Crippen LogP contribution in [0.2, 0.25) is 0 Å². The molecule has 6 nitrogen and oxygen atoms in total. The smallest absolute Gasteiger partial charge is 0.332 e. The van der Waals surface area contributed by atoms with E-state index < -0.39 is 6.03 Å². The van der Waals surface area contributed by atoms with Crippen LogP contribution in [0.25, 0.3) is 0 Å². The first-order valence-electron chi connectivity index (χ1n) is 6.44. The fourth-order valence-electron chi connectivity index (χ4n) is 2.40. The molecular weight excluding hydrogens is 244 g/mol. The predicted molar refractivity (Wildman–Crippen MR) is 73.2 cm³/mol. The number of nitrogens with one attached hydrogen (secondary N) is 1. The highest BCUT2D eigenvalue weighted by molar-refractivity contribution is 5.83. The number of primary amides is 1. The lowest BCUT2D eigenvalue weighted by atomic mass is 10.2. The summed E-state index contributed by atoms with van der Waals surface area (Å²) in [5.41, 5.74) is 10.4. The van der Waals surface area contributed by atoms with Crippen molar-refractivity contribution in [1.82, 2.24) is 9.99 Å². The zero-order chi connectivity index (χ0) is 13.8. The molecule has 0 radical (unpaired) electrons. The Bertz CT molecular complexity index is 487. The van der Waals surface area contributed by atoms with Gasteiger partial charge in [-0.1, -0.05) is 0 Å². The monoisotopic (exact) mass is 264 g/mol. The van der Waals surface area contributed by atoms with Gasteiger partial charge in [-0.25, -0.2) is 10.2 Å². The van der Waals surface area contributed by atoms with Gasteiger partial charge >= 0.3 is 6.03 Å². The topological polar surface area (TPSA) is 81.6 Å². The minimum Gasteiger partial charge on any atom is -0.376 e. The van der Waals surface area contributed by atoms with Gasteiger partial charge in [-0.2, -0.15) is 5.10 Å². The van der Waals surface area contributed by atoms with Gasteiger partial charge in [-0.3, -0.25) is 0 Å². The van der Waals surface area contributed by atoms with Crippen molar-refractivity contribution in [2.24, 2.45) is 10.8 Å². The number of rotatable bonds is 4. The predicted octanol–water partition coefficient (Wildman–Crippen LogP) is 1.29. The maximum absolute atomic E-state index is 10.6. The number of aromatic nitrogens is 1. The molecule has 1 aliphatic rings. The number of ether oxygens (including phenoxy) is 1. The maximum Gasteiger partial charge on any atom is 0.332 e. The molecule has 2 amide bonds. The maximum atomic E-state index is 10.6. The SMILES string of the molecule is Cc1cc(/C=N\NC(N)=O)c(C)n1C[C@@H]1CCCO1. The van der Waals surface area contributed by atoms with E-state index in [-0.39, 0.29) is 0 Å². The largest absolute Gasteiger partial charge is 0.376 e. The summed E-state index contributed by atoms with van der Waals surface area (Å²) >= 11 is 0. The van der Waals surface area contributed by atoms with Crippen molar-refractivity contribution in [3.8, 4) is 0 Å². The normalized spacial score (nSPS) is 19.2. The molecule has 2 heterocycles. The van der Waals surface area contributed by atoms with Crippen LogP contribution in [0.3, 0.4) is 0 Å². The molecule has 0 saturated carbocycles. The van der Waals surface area contributed by atoms with Gasteiger partial charge in [0.2, 0.25) is 0 Å². The van der Waals surface area contributed by atoms with E-state index in [1.54, 1.807) is 6.21 Å². The van der Waals surface area contributed by atoms with E-state index in [0.717, 1.165) is 42.9 Å². The third kappa shape index (κ3) is 3.35. The van der Waals surface area contributed by atoms with Gasteiger partial charge in [-0.15, -0.1) is 0 Å². The van der Waals surface area contributed by atoms with Gasteiger partial charge in [-0.05, 0) is 32.8 Å². The molecule has 6 heteroatoms. The Hall–Kier alpha value is -1.82. The Kier molecular flexibility index (Phi) is 4.21. The zero-order valence-corrected chi connectivity index (χ0v) is 11.3. The van der Waals surface area contributed by atoms with Gasteiger partial charge in [0.25, 0.3) is 0 Å². The van der Waals surface area contributed by atoms with Crippen LogP contribution in [0.4, 0.5) is 4.79 Å². The number of carbonyl (C=O) groups is 1. The lowest BCUT2D eigenvalue weighted by molar-refractivity contribution is 0.0962. The van der Waals surface area contributed by atoms with Gasteiger partial charge in [0, 0.05) is 30.1 Å². The Morgan fingerprint density at radius 1 is 1.68 bits per heavy atom. The van der Waals surface area contributed by atoms with Crippen LogP contribution in [0.5, 0.6) is 0 Å². The molecule has 1 atom stereocenters. The molecule has 1 saturated heterocycles. The van der Waals surface area contributed by atoms with E-state index in [1.807, 2.05) is 13.0 Å². The Balaban J connectivity index is 2.09. The number of carbonyl (C=O) groups excluding carboxylic acids is 1. The summed E-state index contributed by atoms with van der Waals surface area (Å²) in [6.45, 7) is 5.82. The molecule has 1 fully saturated rings. The standard InChI is InChI=1S/C13H20N4O2/c1-9-6-11(7-15-16-13(14)18)10(2)17(9)8-12-4-3-5-19-12/h6-7,12H,3-5,8H2,1-2H3,(H3,14,16,18)/b15-7-/t12-/m0/s1. The average Bonchev–Trinajstić information content (AvgIpc) is 2.93. The first-order chi connectivity index (χ1) is 9.08. The van der Waals surface area contributed by atoms with E-state index in [4.69, 9.17) is 10.5 Å². The quantitative estimate of drug-likeness (QED) is 0.634. The molecule has 3 N–H and O–H groups in total. The van der Waals surface area contributed by atoms with Crippen LogP contribution in [0.15, 0.2) is 11.2 Å². The van der Waals surface area contributed by atoms with E-state index in [0.29, 0.717) is 6.10 Å². The Labute approximate surface area is 112 Å². The number of urea groups is 1. The summed E-state index contributed by atoms with van der Waals surface area (Å²) in [5, 5.41) is 3.79. The van der Waals surface area contributed by atoms with Crippen molar-refractivity contribution in [1.29, 1.82) is 0 Å². The minimum atomic E-state index is -0.663. The number of hydrazone groups is 1. The van der Waals surface area contributed by atoms with Crippen LogP contribution in [0.1, 0.15) is 29.8 Å². The molecule has 0 spiro atoms. The number of hydrogen-bond donors (Lipinski definition) is 2. The molecular formula is C13H20N4O2. The molecule has 104 valence electrons. The third-order valence-electron chi connectivity index (χ3n) is 3.40. The summed E-state index contributed by atoms with van der Waals surface area (Å²) in [7, 11) is 0. The lowest BCUT2D eigenvalue weighted by Crippen LogP contribution is -2.24. The molecule has 0 unspecified atom stereocenters. The highest BCUT2D eigenvalue weighted by atomic mass is 16.5. The van der Waals surface area contributed by atoms with Crippen molar-refractivity contribution >= 4 is 12.2 Å². The second-order valence-electron chi connectivity index (χ2n) is 4.81. The summed E-state index contributed by atoms with van der Waals surface area (Å²) in [6.07, 6.45) is 4.17. The van der Waals surface area contributed by atoms with Gasteiger partial charge in [0.05, 0.1) is 12.3 Å². The third-order valence-corrected chi connectivity index (χ3v) is 3.40. The van der Waals surface area contributed by atoms with Gasteiger partial charge in [0.1, 0.15) is 0 Å². The van der Waals surface area contributed by atoms with Gasteiger partial charge in [0.15, 0.2) is 0 Å². The summed E-state index contributed by atoms with van der Waals surface area (Å²) in [5.74, 6) is 0. The average molecular weight is 264 g/mol. The molecule has 0 bridgehead atoms. The summed E-state index contributed by atoms with van der Waals surface area (Å²) in [6, 6.07) is 1.38. The fourth-order valence-corrected chi connectivity index (χ4v) is 2.40. The van der Waals surface area contributed by atoms with E-state index >= 15 is 0 Å². The molecule has 1 aliphatic heterocycles. The van der Waals surface area contributed by atoms with Crippen LogP contribution < -0.4 is 11.2 Å². The van der Waals surface area contributed by atoms with Crippen LogP contribution in [-0.4, -0.2) is 29.5 Å². The number of aryl methyl sites for hydroxylation is 1. The second kappa shape index (κ2) is 5.88. The van der Waals surface area contributed by atoms with Crippen molar-refractivity contribution in [3.63, 3.8) is 0 Å². The van der Waals surface area contributed by atoms with E-state index in [9.17, 15) is 4.79 Å². The molecule has 0 aromatic carbocycles. The number of nitrogens with two attached hydrogens (primary N) is 1. The number of amides is 2. The minimum absolute atomic E-state index is 0.304. The first-order valence-corrected chi connectivity index (χ1v) is 6.44. The highest BCUT2D eigenvalue weighted by Gasteiger charge is 2.18. The number of hydrogen-bond acceptors (Lipinski definition) is 3. The molecule has 0 aliphatic carbocycles. The van der Waals surface area contributed by atoms with E-state index in [2.05, 4.69) is 22.0 Å². The van der Waals surface area contributed by atoms with E-state index in [1.165, 1.54) is 0 Å². The number of nitrogens with zero attached hydrogens (tertiary/aromatic N) is 2. The highest BCUT2D eigenvalue weighted by Crippen LogP contribution is 2.19. The van der Waals surface area contributed by atoms with Crippen LogP contribution in [0, 0.1) is 13.8 Å². The molecule has 19 heavy (non-hydrogen) atoms. The Morgan fingerprint density at radius 3 is 3.11 bits per heavy atom. The molecule has 2 rings (SSSR count). The molecule has 1 aromatic heterocycles.